The number of alkyl halides is 3. The molecule has 12 heavy (non-hydrogen) atoms. The maximum atomic E-state index is 11.9. The van der Waals surface area contributed by atoms with Crippen molar-refractivity contribution in [1.29, 1.82) is 0 Å². The van der Waals surface area contributed by atoms with E-state index in [4.69, 9.17) is 5.11 Å². The molecule has 0 aliphatic heterocycles. The van der Waals surface area contributed by atoms with Crippen molar-refractivity contribution >= 4 is 0 Å². The van der Waals surface area contributed by atoms with Crippen LogP contribution in [0.4, 0.5) is 13.2 Å². The summed E-state index contributed by atoms with van der Waals surface area (Å²) in [6.07, 6.45) is -6.79. The molecule has 1 N–H and O–H groups in total. The highest BCUT2D eigenvalue weighted by Crippen LogP contribution is 2.23. The third-order valence-corrected chi connectivity index (χ3v) is 1.99. The zero-order valence-electron chi connectivity index (χ0n) is 7.39. The summed E-state index contributed by atoms with van der Waals surface area (Å²) < 4.78 is 35.8. The van der Waals surface area contributed by atoms with Crippen molar-refractivity contribution in [3.05, 3.63) is 0 Å². The predicted molar refractivity (Wildman–Crippen MR) is 39.8 cm³/mol. The van der Waals surface area contributed by atoms with Crippen LogP contribution in [0.2, 0.25) is 0 Å². The van der Waals surface area contributed by atoms with Crippen molar-refractivity contribution in [3.8, 4) is 0 Å². The highest BCUT2D eigenvalue weighted by Gasteiger charge is 2.42. The summed E-state index contributed by atoms with van der Waals surface area (Å²) in [5, 5.41) is 8.79. The Bertz CT molecular complexity index is 137. The molecule has 2 unspecified atom stereocenters. The second-order valence-electron chi connectivity index (χ2n) is 2.80. The SMILES string of the molecule is CCN(C)C(C)C(O)C(F)(F)F. The van der Waals surface area contributed by atoms with Gasteiger partial charge in [-0.05, 0) is 20.5 Å². The van der Waals surface area contributed by atoms with Crippen molar-refractivity contribution in [3.63, 3.8) is 0 Å². The lowest BCUT2D eigenvalue weighted by molar-refractivity contribution is -0.218. The first-order chi connectivity index (χ1) is 5.30. The monoisotopic (exact) mass is 185 g/mol. The maximum Gasteiger partial charge on any atom is 0.415 e. The number of hydrogen-bond donors (Lipinski definition) is 1. The maximum absolute atomic E-state index is 11.9. The van der Waals surface area contributed by atoms with Crippen LogP contribution in [0.25, 0.3) is 0 Å². The molecule has 0 aromatic rings. The van der Waals surface area contributed by atoms with Crippen molar-refractivity contribution in [2.75, 3.05) is 13.6 Å². The second kappa shape index (κ2) is 4.09. The third-order valence-electron chi connectivity index (χ3n) is 1.99. The third kappa shape index (κ3) is 2.98. The van der Waals surface area contributed by atoms with E-state index in [9.17, 15) is 13.2 Å². The van der Waals surface area contributed by atoms with E-state index in [0.29, 0.717) is 6.54 Å². The van der Waals surface area contributed by atoms with Crippen LogP contribution in [0.15, 0.2) is 0 Å². The zero-order valence-corrected chi connectivity index (χ0v) is 7.39. The van der Waals surface area contributed by atoms with E-state index in [0.717, 1.165) is 0 Å². The van der Waals surface area contributed by atoms with E-state index in [1.165, 1.54) is 11.8 Å². The number of rotatable bonds is 3. The van der Waals surface area contributed by atoms with Gasteiger partial charge in [-0.25, -0.2) is 0 Å². The summed E-state index contributed by atoms with van der Waals surface area (Å²) in [4.78, 5) is 1.44. The standard InChI is InChI=1S/C7H14F3NO/c1-4-11(3)5(2)6(12)7(8,9)10/h5-6,12H,4H2,1-3H3. The Morgan fingerprint density at radius 2 is 1.83 bits per heavy atom. The molecule has 0 rings (SSSR count). The Morgan fingerprint density at radius 1 is 1.42 bits per heavy atom. The highest BCUT2D eigenvalue weighted by molar-refractivity contribution is 4.77. The van der Waals surface area contributed by atoms with Crippen LogP contribution in [0.3, 0.4) is 0 Å². The van der Waals surface area contributed by atoms with Gasteiger partial charge >= 0.3 is 6.18 Å². The van der Waals surface area contributed by atoms with Gasteiger partial charge in [0.25, 0.3) is 0 Å². The van der Waals surface area contributed by atoms with Gasteiger partial charge in [-0.3, -0.25) is 0 Å². The molecule has 0 saturated heterocycles. The molecule has 2 atom stereocenters. The molecule has 74 valence electrons. The van der Waals surface area contributed by atoms with Gasteiger partial charge in [0, 0.05) is 6.04 Å². The normalized spacial score (nSPS) is 18.0. The molecule has 0 radical (unpaired) electrons. The summed E-state index contributed by atoms with van der Waals surface area (Å²) >= 11 is 0. The van der Waals surface area contributed by atoms with Gasteiger partial charge in [0.1, 0.15) is 0 Å². The summed E-state index contributed by atoms with van der Waals surface area (Å²) in [6, 6.07) is -0.894. The molecule has 0 fully saturated rings. The lowest BCUT2D eigenvalue weighted by Crippen LogP contribution is -2.46. The fraction of sp³-hybridized carbons (Fsp3) is 1.00. The summed E-state index contributed by atoms with van der Waals surface area (Å²) in [7, 11) is 1.54. The Labute approximate surface area is 70.0 Å². The van der Waals surface area contributed by atoms with Gasteiger partial charge < -0.3 is 10.0 Å². The first-order valence-electron chi connectivity index (χ1n) is 3.75. The number of aliphatic hydroxyl groups excluding tert-OH is 1. The topological polar surface area (TPSA) is 23.5 Å². The van der Waals surface area contributed by atoms with Crippen LogP contribution in [-0.2, 0) is 0 Å². The van der Waals surface area contributed by atoms with Crippen molar-refractivity contribution in [2.45, 2.75) is 32.2 Å². The van der Waals surface area contributed by atoms with E-state index in [1.54, 1.807) is 14.0 Å². The van der Waals surface area contributed by atoms with Gasteiger partial charge in [-0.2, -0.15) is 13.2 Å². The van der Waals surface area contributed by atoms with Gasteiger partial charge in [0.2, 0.25) is 0 Å². The van der Waals surface area contributed by atoms with E-state index < -0.39 is 18.3 Å². The Hall–Kier alpha value is -0.290. The molecule has 0 aromatic carbocycles. The van der Waals surface area contributed by atoms with Crippen LogP contribution in [0.5, 0.6) is 0 Å². The number of hydrogen-bond acceptors (Lipinski definition) is 2. The van der Waals surface area contributed by atoms with E-state index in [-0.39, 0.29) is 0 Å². The van der Waals surface area contributed by atoms with Crippen molar-refractivity contribution in [1.82, 2.24) is 4.90 Å². The summed E-state index contributed by atoms with van der Waals surface area (Å²) in [5.41, 5.74) is 0. The number of likely N-dealkylation sites (N-methyl/N-ethyl adjacent to an activating group) is 1. The Kier molecular flexibility index (Phi) is 3.99. The molecule has 0 saturated carbocycles. The summed E-state index contributed by atoms with van der Waals surface area (Å²) in [5.74, 6) is 0. The fourth-order valence-electron chi connectivity index (χ4n) is 0.803. The van der Waals surface area contributed by atoms with Crippen LogP contribution < -0.4 is 0 Å². The van der Waals surface area contributed by atoms with Crippen LogP contribution >= 0.6 is 0 Å². The molecular weight excluding hydrogens is 171 g/mol. The minimum absolute atomic E-state index is 0.480. The highest BCUT2D eigenvalue weighted by atomic mass is 19.4. The van der Waals surface area contributed by atoms with Crippen molar-refractivity contribution in [2.24, 2.45) is 0 Å². The number of nitrogens with zero attached hydrogens (tertiary/aromatic N) is 1. The first-order valence-corrected chi connectivity index (χ1v) is 3.75. The molecule has 0 spiro atoms. The van der Waals surface area contributed by atoms with E-state index in [1.807, 2.05) is 0 Å². The number of aliphatic hydroxyl groups is 1. The molecular formula is C7H14F3NO. The quantitative estimate of drug-likeness (QED) is 0.715. The van der Waals surface area contributed by atoms with Crippen molar-refractivity contribution < 1.29 is 18.3 Å². The molecule has 0 bridgehead atoms. The average molecular weight is 185 g/mol. The summed E-state index contributed by atoms with van der Waals surface area (Å²) in [6.45, 7) is 3.57. The van der Waals surface area contributed by atoms with Crippen LogP contribution in [-0.4, -0.2) is 41.9 Å². The number of halogens is 3. The minimum atomic E-state index is -4.52. The zero-order chi connectivity index (χ0) is 9.94. The van der Waals surface area contributed by atoms with Gasteiger partial charge in [-0.15, -0.1) is 0 Å². The molecule has 0 aromatic heterocycles. The van der Waals surface area contributed by atoms with Crippen LogP contribution in [0, 0.1) is 0 Å². The van der Waals surface area contributed by atoms with E-state index in [2.05, 4.69) is 0 Å². The minimum Gasteiger partial charge on any atom is -0.382 e. The van der Waals surface area contributed by atoms with Crippen LogP contribution in [0.1, 0.15) is 13.8 Å². The lowest BCUT2D eigenvalue weighted by Gasteiger charge is -2.28. The fourth-order valence-corrected chi connectivity index (χ4v) is 0.803. The van der Waals surface area contributed by atoms with Gasteiger partial charge in [-0.1, -0.05) is 6.92 Å². The molecule has 0 aliphatic rings. The molecule has 0 heterocycles. The molecule has 0 aliphatic carbocycles. The Balaban J connectivity index is 4.19. The second-order valence-corrected chi connectivity index (χ2v) is 2.80. The van der Waals surface area contributed by atoms with Gasteiger partial charge in [0.15, 0.2) is 6.10 Å². The molecule has 0 amide bonds. The largest absolute Gasteiger partial charge is 0.415 e. The predicted octanol–water partition coefficient (Wildman–Crippen LogP) is 1.25. The lowest BCUT2D eigenvalue weighted by atomic mass is 10.1. The average Bonchev–Trinajstić information content (AvgIpc) is 1.98. The molecule has 5 heteroatoms. The molecule has 2 nitrogen and oxygen atoms in total. The Morgan fingerprint density at radius 3 is 2.08 bits per heavy atom. The smallest absolute Gasteiger partial charge is 0.382 e. The first kappa shape index (κ1) is 11.7. The van der Waals surface area contributed by atoms with E-state index >= 15 is 0 Å². The van der Waals surface area contributed by atoms with Gasteiger partial charge in [0.05, 0.1) is 0 Å².